The van der Waals surface area contributed by atoms with Crippen LogP contribution in [0.15, 0.2) is 29.0 Å². The van der Waals surface area contributed by atoms with Crippen LogP contribution in [0, 0.1) is 0 Å². The number of hydrogen-bond acceptors (Lipinski definition) is 4. The van der Waals surface area contributed by atoms with Crippen molar-refractivity contribution >= 4 is 16.9 Å². The van der Waals surface area contributed by atoms with E-state index in [4.69, 9.17) is 10.2 Å². The Balaban J connectivity index is 2.16. The van der Waals surface area contributed by atoms with Crippen molar-refractivity contribution in [2.75, 3.05) is 0 Å². The lowest BCUT2D eigenvalue weighted by Gasteiger charge is -2.03. The average molecular weight is 218 g/mol. The summed E-state index contributed by atoms with van der Waals surface area (Å²) < 4.78 is 5.15. The van der Waals surface area contributed by atoms with Crippen LogP contribution in [0.5, 0.6) is 0 Å². The van der Waals surface area contributed by atoms with Gasteiger partial charge in [0.15, 0.2) is 17.8 Å². The van der Waals surface area contributed by atoms with E-state index >= 15 is 0 Å². The number of oxazole rings is 1. The largest absolute Gasteiger partial charge is 0.443 e. The van der Waals surface area contributed by atoms with Crippen molar-refractivity contribution in [2.24, 2.45) is 5.73 Å². The zero-order valence-corrected chi connectivity index (χ0v) is 9.14. The van der Waals surface area contributed by atoms with Crippen LogP contribution in [-0.2, 0) is 0 Å². The molecule has 0 aliphatic carbocycles. The summed E-state index contributed by atoms with van der Waals surface area (Å²) in [5.74, 6) is 0.0931. The van der Waals surface area contributed by atoms with Crippen molar-refractivity contribution in [1.29, 1.82) is 0 Å². The summed E-state index contributed by atoms with van der Waals surface area (Å²) >= 11 is 0. The van der Waals surface area contributed by atoms with E-state index in [2.05, 4.69) is 4.98 Å². The maximum atomic E-state index is 11.8. The number of nitrogens with zero attached hydrogens (tertiary/aromatic N) is 1. The fraction of sp³-hybridized carbons (Fsp3) is 0.333. The van der Waals surface area contributed by atoms with Gasteiger partial charge in [-0.1, -0.05) is 0 Å². The summed E-state index contributed by atoms with van der Waals surface area (Å²) in [4.78, 5) is 15.8. The molecule has 0 fully saturated rings. The number of fused-ring (bicyclic) bond motifs is 1. The van der Waals surface area contributed by atoms with Gasteiger partial charge in [0.2, 0.25) is 0 Å². The first-order valence-electron chi connectivity index (χ1n) is 5.29. The van der Waals surface area contributed by atoms with Crippen LogP contribution in [0.2, 0.25) is 0 Å². The minimum Gasteiger partial charge on any atom is -0.443 e. The van der Waals surface area contributed by atoms with Gasteiger partial charge in [0.25, 0.3) is 0 Å². The quantitative estimate of drug-likeness (QED) is 0.798. The van der Waals surface area contributed by atoms with Crippen LogP contribution in [0.4, 0.5) is 0 Å². The molecule has 84 valence electrons. The molecule has 1 unspecified atom stereocenters. The summed E-state index contributed by atoms with van der Waals surface area (Å²) in [6.07, 6.45) is 2.55. The Morgan fingerprint density at radius 2 is 2.38 bits per heavy atom. The molecule has 4 nitrogen and oxygen atoms in total. The molecule has 0 amide bonds. The van der Waals surface area contributed by atoms with Gasteiger partial charge in [0.05, 0.1) is 0 Å². The van der Waals surface area contributed by atoms with Gasteiger partial charge in [-0.3, -0.25) is 4.79 Å². The van der Waals surface area contributed by atoms with Crippen LogP contribution < -0.4 is 5.73 Å². The number of nitrogens with two attached hydrogens (primary N) is 1. The number of hydrogen-bond donors (Lipinski definition) is 1. The zero-order valence-electron chi connectivity index (χ0n) is 9.14. The lowest BCUT2D eigenvalue weighted by Crippen LogP contribution is -2.16. The minimum absolute atomic E-state index is 0.0537. The molecule has 1 aromatic heterocycles. The maximum absolute atomic E-state index is 11.8. The van der Waals surface area contributed by atoms with E-state index in [0.29, 0.717) is 24.0 Å². The van der Waals surface area contributed by atoms with Gasteiger partial charge >= 0.3 is 0 Å². The van der Waals surface area contributed by atoms with E-state index in [1.165, 1.54) is 6.39 Å². The number of ketones is 1. The highest BCUT2D eigenvalue weighted by Gasteiger charge is 2.09. The summed E-state index contributed by atoms with van der Waals surface area (Å²) in [6, 6.07) is 5.34. The van der Waals surface area contributed by atoms with Crippen molar-refractivity contribution in [2.45, 2.75) is 25.8 Å². The van der Waals surface area contributed by atoms with Crippen molar-refractivity contribution in [3.63, 3.8) is 0 Å². The summed E-state index contributed by atoms with van der Waals surface area (Å²) in [6.45, 7) is 1.90. The first kappa shape index (κ1) is 10.8. The smallest absolute Gasteiger partial charge is 0.181 e. The molecular formula is C12H14N2O2. The van der Waals surface area contributed by atoms with Crippen LogP contribution >= 0.6 is 0 Å². The molecule has 16 heavy (non-hydrogen) atoms. The van der Waals surface area contributed by atoms with E-state index in [1.807, 2.05) is 6.92 Å². The van der Waals surface area contributed by atoms with E-state index in [1.54, 1.807) is 18.2 Å². The molecule has 0 saturated heterocycles. The fourth-order valence-corrected chi connectivity index (χ4v) is 1.53. The van der Waals surface area contributed by atoms with Gasteiger partial charge in [0.1, 0.15) is 5.52 Å². The van der Waals surface area contributed by atoms with Crippen LogP contribution in [0.1, 0.15) is 30.1 Å². The SMILES string of the molecule is CC(N)CCC(=O)c1ccc2ncoc2c1. The highest BCUT2D eigenvalue weighted by atomic mass is 16.3. The van der Waals surface area contributed by atoms with Crippen molar-refractivity contribution in [1.82, 2.24) is 4.98 Å². The first-order chi connectivity index (χ1) is 7.66. The van der Waals surface area contributed by atoms with Crippen LogP contribution in [-0.4, -0.2) is 16.8 Å². The number of aromatic nitrogens is 1. The van der Waals surface area contributed by atoms with E-state index in [9.17, 15) is 4.79 Å². The van der Waals surface area contributed by atoms with Gasteiger partial charge in [-0.05, 0) is 31.5 Å². The standard InChI is InChI=1S/C12H14N2O2/c1-8(13)2-5-11(15)9-3-4-10-12(6-9)16-7-14-10/h3-4,6-8H,2,5,13H2,1H3. The molecular weight excluding hydrogens is 204 g/mol. The molecule has 4 heteroatoms. The molecule has 0 radical (unpaired) electrons. The Kier molecular flexibility index (Phi) is 3.01. The molecule has 0 aliphatic rings. The molecule has 0 bridgehead atoms. The zero-order chi connectivity index (χ0) is 11.5. The molecule has 1 heterocycles. The summed E-state index contributed by atoms with van der Waals surface area (Å²) in [7, 11) is 0. The molecule has 1 aromatic carbocycles. The molecule has 1 atom stereocenters. The highest BCUT2D eigenvalue weighted by Crippen LogP contribution is 2.16. The lowest BCUT2D eigenvalue weighted by atomic mass is 10.0. The first-order valence-corrected chi connectivity index (χ1v) is 5.29. The van der Waals surface area contributed by atoms with E-state index in [-0.39, 0.29) is 11.8 Å². The Bertz CT molecular complexity index is 502. The van der Waals surface area contributed by atoms with Crippen molar-refractivity contribution in [3.05, 3.63) is 30.2 Å². The second-order valence-electron chi connectivity index (χ2n) is 3.97. The van der Waals surface area contributed by atoms with Crippen molar-refractivity contribution < 1.29 is 9.21 Å². The summed E-state index contributed by atoms with van der Waals surface area (Å²) in [5.41, 5.74) is 7.68. The number of carbonyl (C=O) groups is 1. The molecule has 0 aliphatic heterocycles. The van der Waals surface area contributed by atoms with Crippen LogP contribution in [0.3, 0.4) is 0 Å². The Hall–Kier alpha value is -1.68. The van der Waals surface area contributed by atoms with Crippen molar-refractivity contribution in [3.8, 4) is 0 Å². The normalized spacial score (nSPS) is 12.9. The maximum Gasteiger partial charge on any atom is 0.181 e. The topological polar surface area (TPSA) is 69.1 Å². The molecule has 2 rings (SSSR count). The van der Waals surface area contributed by atoms with Gasteiger partial charge in [0, 0.05) is 18.0 Å². The minimum atomic E-state index is 0.0537. The number of Topliss-reactive ketones (excluding diaryl/α,β-unsaturated/α-hetero) is 1. The third-order valence-electron chi connectivity index (χ3n) is 2.48. The fourth-order valence-electron chi connectivity index (χ4n) is 1.53. The number of benzene rings is 1. The monoisotopic (exact) mass is 218 g/mol. The Morgan fingerprint density at radius 1 is 1.56 bits per heavy atom. The third-order valence-corrected chi connectivity index (χ3v) is 2.48. The highest BCUT2D eigenvalue weighted by molar-refractivity contribution is 5.98. The lowest BCUT2D eigenvalue weighted by molar-refractivity contribution is 0.0978. The Morgan fingerprint density at radius 3 is 3.12 bits per heavy atom. The number of carbonyl (C=O) groups excluding carboxylic acids is 1. The van der Waals surface area contributed by atoms with E-state index in [0.717, 1.165) is 5.52 Å². The predicted molar refractivity (Wildman–Crippen MR) is 61.2 cm³/mol. The van der Waals surface area contributed by atoms with Gasteiger partial charge < -0.3 is 10.2 Å². The summed E-state index contributed by atoms with van der Waals surface area (Å²) in [5, 5.41) is 0. The van der Waals surface area contributed by atoms with E-state index < -0.39 is 0 Å². The predicted octanol–water partition coefficient (Wildman–Crippen LogP) is 2.14. The third kappa shape index (κ3) is 2.28. The number of rotatable bonds is 4. The second kappa shape index (κ2) is 4.45. The second-order valence-corrected chi connectivity index (χ2v) is 3.97. The molecule has 2 aromatic rings. The average Bonchev–Trinajstić information content (AvgIpc) is 2.72. The van der Waals surface area contributed by atoms with Gasteiger partial charge in [-0.2, -0.15) is 0 Å². The molecule has 0 spiro atoms. The van der Waals surface area contributed by atoms with Gasteiger partial charge in [-0.25, -0.2) is 4.98 Å². The molecule has 2 N–H and O–H groups in total. The van der Waals surface area contributed by atoms with Gasteiger partial charge in [-0.15, -0.1) is 0 Å². The van der Waals surface area contributed by atoms with Crippen LogP contribution in [0.25, 0.3) is 11.1 Å². The Labute approximate surface area is 93.5 Å². The molecule has 0 saturated carbocycles.